The van der Waals surface area contributed by atoms with Crippen LogP contribution in [-0.4, -0.2) is 27.8 Å². The summed E-state index contributed by atoms with van der Waals surface area (Å²) < 4.78 is 18.1. The van der Waals surface area contributed by atoms with E-state index in [-0.39, 0.29) is 18.0 Å². The van der Waals surface area contributed by atoms with Crippen LogP contribution in [0.2, 0.25) is 0 Å². The highest BCUT2D eigenvalue weighted by molar-refractivity contribution is 5.22. The molecule has 1 aromatic heterocycles. The van der Waals surface area contributed by atoms with Gasteiger partial charge in [-0.3, -0.25) is 4.90 Å². The molecular formula is C14H15FN2O2. The summed E-state index contributed by atoms with van der Waals surface area (Å²) in [6, 6.07) is 8.36. The molecule has 1 fully saturated rings. The van der Waals surface area contributed by atoms with E-state index in [1.165, 1.54) is 18.4 Å². The van der Waals surface area contributed by atoms with Crippen LogP contribution < -0.4 is 0 Å². The smallest absolute Gasteiger partial charge is 0.124 e. The molecule has 19 heavy (non-hydrogen) atoms. The first kappa shape index (κ1) is 12.3. The van der Waals surface area contributed by atoms with Crippen LogP contribution >= 0.6 is 0 Å². The number of aromatic nitrogens is 1. The van der Waals surface area contributed by atoms with Gasteiger partial charge in [0, 0.05) is 25.2 Å². The molecule has 1 aliphatic heterocycles. The summed E-state index contributed by atoms with van der Waals surface area (Å²) in [7, 11) is 0. The number of hydrogen-bond donors (Lipinski definition) is 1. The van der Waals surface area contributed by atoms with E-state index in [1.807, 2.05) is 6.07 Å². The van der Waals surface area contributed by atoms with Gasteiger partial charge in [-0.15, -0.1) is 0 Å². The van der Waals surface area contributed by atoms with Gasteiger partial charge in [0.2, 0.25) is 0 Å². The van der Waals surface area contributed by atoms with Gasteiger partial charge in [0.25, 0.3) is 0 Å². The average molecular weight is 262 g/mol. The van der Waals surface area contributed by atoms with Crippen LogP contribution in [0.3, 0.4) is 0 Å². The topological polar surface area (TPSA) is 49.5 Å². The number of hydrogen-bond acceptors (Lipinski definition) is 4. The highest BCUT2D eigenvalue weighted by Gasteiger charge is 2.32. The number of aliphatic hydroxyl groups excluding tert-OH is 1. The van der Waals surface area contributed by atoms with Gasteiger partial charge in [0.05, 0.1) is 11.8 Å². The Kier molecular flexibility index (Phi) is 3.31. The van der Waals surface area contributed by atoms with E-state index in [4.69, 9.17) is 4.52 Å². The van der Waals surface area contributed by atoms with Crippen LogP contribution in [0.25, 0.3) is 0 Å². The number of likely N-dealkylation sites (tertiary alicyclic amines) is 1. The standard InChI is InChI=1S/C14H15FN2O2/c15-11-3-1-2-10(6-11)14-7-13(18)9-17(14)8-12-4-5-19-16-12/h1-6,13-14,18H,7-9H2/t13-,14-/m0/s1. The number of aliphatic hydroxyl groups is 1. The van der Waals surface area contributed by atoms with Crippen molar-refractivity contribution in [1.82, 2.24) is 10.1 Å². The summed E-state index contributed by atoms with van der Waals surface area (Å²) in [6.45, 7) is 1.16. The van der Waals surface area contributed by atoms with Crippen molar-refractivity contribution in [3.05, 3.63) is 53.7 Å². The van der Waals surface area contributed by atoms with E-state index in [0.717, 1.165) is 11.3 Å². The SMILES string of the molecule is O[C@H]1C[C@@H](c2cccc(F)c2)N(Cc2ccon2)C1. The number of halogens is 1. The van der Waals surface area contributed by atoms with Gasteiger partial charge in [-0.25, -0.2) is 4.39 Å². The van der Waals surface area contributed by atoms with Crippen molar-refractivity contribution in [2.75, 3.05) is 6.54 Å². The van der Waals surface area contributed by atoms with Gasteiger partial charge in [-0.2, -0.15) is 0 Å². The summed E-state index contributed by atoms with van der Waals surface area (Å²) in [5, 5.41) is 13.7. The van der Waals surface area contributed by atoms with Gasteiger partial charge < -0.3 is 9.63 Å². The summed E-state index contributed by atoms with van der Waals surface area (Å²) in [5.41, 5.74) is 1.70. The molecule has 0 amide bonds. The molecule has 1 aliphatic rings. The van der Waals surface area contributed by atoms with Crippen molar-refractivity contribution < 1.29 is 14.0 Å². The Labute approximate surface area is 110 Å². The Morgan fingerprint density at radius 3 is 3.05 bits per heavy atom. The maximum Gasteiger partial charge on any atom is 0.124 e. The molecule has 1 aromatic carbocycles. The van der Waals surface area contributed by atoms with E-state index in [2.05, 4.69) is 10.1 Å². The predicted molar refractivity (Wildman–Crippen MR) is 66.7 cm³/mol. The van der Waals surface area contributed by atoms with Crippen molar-refractivity contribution in [2.45, 2.75) is 25.1 Å². The van der Waals surface area contributed by atoms with Crippen molar-refractivity contribution in [1.29, 1.82) is 0 Å². The number of benzene rings is 1. The molecular weight excluding hydrogens is 247 g/mol. The van der Waals surface area contributed by atoms with Crippen LogP contribution in [0.5, 0.6) is 0 Å². The predicted octanol–water partition coefficient (Wildman–Crippen LogP) is 2.12. The molecule has 4 nitrogen and oxygen atoms in total. The molecule has 5 heteroatoms. The van der Waals surface area contributed by atoms with E-state index in [0.29, 0.717) is 19.5 Å². The molecule has 3 rings (SSSR count). The molecule has 0 spiro atoms. The van der Waals surface area contributed by atoms with Gasteiger partial charge in [0.1, 0.15) is 12.1 Å². The van der Waals surface area contributed by atoms with Gasteiger partial charge in [-0.05, 0) is 24.1 Å². The van der Waals surface area contributed by atoms with Crippen molar-refractivity contribution >= 4 is 0 Å². The summed E-state index contributed by atoms with van der Waals surface area (Å²) >= 11 is 0. The lowest BCUT2D eigenvalue weighted by Gasteiger charge is -2.23. The third kappa shape index (κ3) is 2.67. The molecule has 2 heterocycles. The Bertz CT molecular complexity index is 544. The Morgan fingerprint density at radius 2 is 2.32 bits per heavy atom. The Balaban J connectivity index is 1.82. The van der Waals surface area contributed by atoms with Gasteiger partial charge in [-0.1, -0.05) is 17.3 Å². The minimum Gasteiger partial charge on any atom is -0.392 e. The number of β-amino-alcohol motifs (C(OH)–C–C–N with tert-alkyl or cyclic N) is 1. The quantitative estimate of drug-likeness (QED) is 0.920. The largest absolute Gasteiger partial charge is 0.392 e. The van der Waals surface area contributed by atoms with Crippen molar-refractivity contribution in [2.24, 2.45) is 0 Å². The fourth-order valence-corrected chi connectivity index (χ4v) is 2.64. The minimum atomic E-state index is -0.389. The third-order valence-corrected chi connectivity index (χ3v) is 3.47. The number of nitrogens with zero attached hydrogens (tertiary/aromatic N) is 2. The molecule has 0 unspecified atom stereocenters. The second-order valence-corrected chi connectivity index (χ2v) is 4.88. The maximum atomic E-state index is 13.3. The molecule has 0 radical (unpaired) electrons. The fourth-order valence-electron chi connectivity index (χ4n) is 2.64. The first-order valence-electron chi connectivity index (χ1n) is 6.29. The third-order valence-electron chi connectivity index (χ3n) is 3.47. The maximum absolute atomic E-state index is 13.3. The molecule has 0 saturated carbocycles. The summed E-state index contributed by atoms with van der Waals surface area (Å²) in [5.74, 6) is -0.250. The zero-order valence-electron chi connectivity index (χ0n) is 10.4. The number of rotatable bonds is 3. The molecule has 1 saturated heterocycles. The molecule has 0 bridgehead atoms. The zero-order valence-corrected chi connectivity index (χ0v) is 10.4. The van der Waals surface area contributed by atoms with Gasteiger partial charge >= 0.3 is 0 Å². The van der Waals surface area contributed by atoms with E-state index >= 15 is 0 Å². The highest BCUT2D eigenvalue weighted by Crippen LogP contribution is 2.33. The van der Waals surface area contributed by atoms with Crippen LogP contribution in [0, 0.1) is 5.82 Å². The van der Waals surface area contributed by atoms with E-state index in [9.17, 15) is 9.50 Å². The fraction of sp³-hybridized carbons (Fsp3) is 0.357. The van der Waals surface area contributed by atoms with Crippen molar-refractivity contribution in [3.8, 4) is 0 Å². The van der Waals surface area contributed by atoms with Crippen LogP contribution in [0.15, 0.2) is 41.1 Å². The van der Waals surface area contributed by atoms with Gasteiger partial charge in [0.15, 0.2) is 0 Å². The second-order valence-electron chi connectivity index (χ2n) is 4.88. The average Bonchev–Trinajstić information content (AvgIpc) is 3.00. The normalized spacial score (nSPS) is 23.9. The molecule has 100 valence electrons. The molecule has 0 aliphatic carbocycles. The van der Waals surface area contributed by atoms with Crippen LogP contribution in [0.1, 0.15) is 23.7 Å². The van der Waals surface area contributed by atoms with E-state index in [1.54, 1.807) is 12.1 Å². The lowest BCUT2D eigenvalue weighted by Crippen LogP contribution is -2.24. The summed E-state index contributed by atoms with van der Waals surface area (Å²) in [4.78, 5) is 2.09. The van der Waals surface area contributed by atoms with Crippen LogP contribution in [-0.2, 0) is 6.54 Å². The lowest BCUT2D eigenvalue weighted by molar-refractivity contribution is 0.171. The minimum absolute atomic E-state index is 0.0161. The van der Waals surface area contributed by atoms with Crippen LogP contribution in [0.4, 0.5) is 4.39 Å². The first-order chi connectivity index (χ1) is 9.22. The second kappa shape index (κ2) is 5.11. The molecule has 2 atom stereocenters. The first-order valence-corrected chi connectivity index (χ1v) is 6.29. The Hall–Kier alpha value is -1.72. The summed E-state index contributed by atoms with van der Waals surface area (Å²) in [6.07, 6.45) is 1.75. The zero-order chi connectivity index (χ0) is 13.2. The molecule has 1 N–H and O–H groups in total. The van der Waals surface area contributed by atoms with E-state index < -0.39 is 0 Å². The highest BCUT2D eigenvalue weighted by atomic mass is 19.1. The molecule has 2 aromatic rings. The van der Waals surface area contributed by atoms with Crippen molar-refractivity contribution in [3.63, 3.8) is 0 Å². The lowest BCUT2D eigenvalue weighted by atomic mass is 10.0. The monoisotopic (exact) mass is 262 g/mol. The Morgan fingerprint density at radius 1 is 1.42 bits per heavy atom.